The molecule has 1 rings (SSSR count). The van der Waals surface area contributed by atoms with Crippen molar-refractivity contribution in [2.24, 2.45) is 0 Å². The zero-order chi connectivity index (χ0) is 13.1. The lowest BCUT2D eigenvalue weighted by atomic mass is 10.1. The van der Waals surface area contributed by atoms with Crippen LogP contribution in [0.5, 0.6) is 0 Å². The number of alkyl halides is 3. The highest BCUT2D eigenvalue weighted by atomic mass is 19.4. The number of hydrogen-bond donors (Lipinski definition) is 3. The molecular weight excluding hydrogens is 239 g/mol. The van der Waals surface area contributed by atoms with Gasteiger partial charge in [-0.05, 0) is 7.05 Å². The fourth-order valence-electron chi connectivity index (χ4n) is 1.18. The van der Waals surface area contributed by atoms with Gasteiger partial charge in [-0.1, -0.05) is 0 Å². The molecule has 8 heteroatoms. The molecule has 2 unspecified atom stereocenters. The van der Waals surface area contributed by atoms with E-state index in [1.807, 2.05) is 0 Å². The summed E-state index contributed by atoms with van der Waals surface area (Å²) in [6, 6.07) is 0. The predicted molar refractivity (Wildman–Crippen MR) is 51.9 cm³/mol. The van der Waals surface area contributed by atoms with Crippen molar-refractivity contribution in [3.8, 4) is 0 Å². The number of aliphatic hydroxyl groups excluding tert-OH is 2. The van der Waals surface area contributed by atoms with E-state index < -0.39 is 24.2 Å². The highest BCUT2D eigenvalue weighted by molar-refractivity contribution is 5.11. The Morgan fingerprint density at radius 3 is 2.24 bits per heavy atom. The fourth-order valence-corrected chi connectivity index (χ4v) is 1.18. The van der Waals surface area contributed by atoms with Crippen LogP contribution >= 0.6 is 0 Å². The maximum atomic E-state index is 12.2. The molecule has 0 saturated heterocycles. The van der Waals surface area contributed by atoms with Crippen LogP contribution in [0, 0.1) is 0 Å². The Morgan fingerprint density at radius 2 is 1.82 bits per heavy atom. The molecule has 0 amide bonds. The Kier molecular flexibility index (Phi) is 4.38. The molecule has 0 aliphatic heterocycles. The minimum absolute atomic E-state index is 0.0285. The lowest BCUT2D eigenvalue weighted by Crippen LogP contribution is -2.29. The number of rotatable bonds is 4. The van der Waals surface area contributed by atoms with Crippen LogP contribution in [0.25, 0.3) is 0 Å². The van der Waals surface area contributed by atoms with Crippen LogP contribution in [-0.4, -0.2) is 39.9 Å². The van der Waals surface area contributed by atoms with Crippen LogP contribution in [0.15, 0.2) is 12.4 Å². The highest BCUT2D eigenvalue weighted by Crippen LogP contribution is 2.26. The largest absolute Gasteiger partial charge is 0.451 e. The van der Waals surface area contributed by atoms with Gasteiger partial charge >= 0.3 is 6.18 Å². The van der Waals surface area contributed by atoms with E-state index in [1.165, 1.54) is 0 Å². The Labute approximate surface area is 95.3 Å². The molecule has 1 aromatic rings. The second-order valence-corrected chi connectivity index (χ2v) is 3.41. The molecule has 0 saturated carbocycles. The van der Waals surface area contributed by atoms with Crippen molar-refractivity contribution in [1.29, 1.82) is 0 Å². The van der Waals surface area contributed by atoms with Crippen molar-refractivity contribution in [3.63, 3.8) is 0 Å². The van der Waals surface area contributed by atoms with Crippen LogP contribution < -0.4 is 5.32 Å². The summed E-state index contributed by atoms with van der Waals surface area (Å²) in [5.41, 5.74) is 0.0285. The van der Waals surface area contributed by atoms with E-state index in [9.17, 15) is 23.4 Å². The number of hydrogen-bond acceptors (Lipinski definition) is 5. The monoisotopic (exact) mass is 251 g/mol. The first-order valence-corrected chi connectivity index (χ1v) is 4.76. The maximum Gasteiger partial charge on any atom is 0.451 e. The molecule has 96 valence electrons. The number of likely N-dealkylation sites (N-methyl/N-ethyl adjacent to an activating group) is 1. The number of aromatic nitrogens is 2. The van der Waals surface area contributed by atoms with Gasteiger partial charge in [0.1, 0.15) is 6.10 Å². The summed E-state index contributed by atoms with van der Waals surface area (Å²) < 4.78 is 36.5. The third kappa shape index (κ3) is 3.62. The van der Waals surface area contributed by atoms with E-state index in [0.29, 0.717) is 0 Å². The van der Waals surface area contributed by atoms with Crippen LogP contribution in [0.4, 0.5) is 13.2 Å². The third-order valence-electron chi connectivity index (χ3n) is 2.04. The number of nitrogens with zero attached hydrogens (tertiary/aromatic N) is 2. The van der Waals surface area contributed by atoms with E-state index in [4.69, 9.17) is 0 Å². The summed E-state index contributed by atoms with van der Waals surface area (Å²) >= 11 is 0. The second kappa shape index (κ2) is 5.39. The summed E-state index contributed by atoms with van der Waals surface area (Å²) in [7, 11) is 1.57. The first kappa shape index (κ1) is 13.8. The van der Waals surface area contributed by atoms with Crippen molar-refractivity contribution in [2.75, 3.05) is 13.6 Å². The van der Waals surface area contributed by atoms with Crippen LogP contribution in [0.2, 0.25) is 0 Å². The standard InChI is InChI=1S/C9H12F3N3O2/c1-13-4-6(16)7(17)5-2-14-8(15-3-5)9(10,11)12/h2-3,6-7,13,16-17H,4H2,1H3. The minimum atomic E-state index is -4.62. The van der Waals surface area contributed by atoms with Gasteiger partial charge in [-0.15, -0.1) is 0 Å². The van der Waals surface area contributed by atoms with Gasteiger partial charge in [0.2, 0.25) is 5.82 Å². The first-order valence-electron chi connectivity index (χ1n) is 4.76. The van der Waals surface area contributed by atoms with Gasteiger partial charge in [0, 0.05) is 24.5 Å². The molecule has 0 bridgehead atoms. The van der Waals surface area contributed by atoms with Gasteiger partial charge in [-0.3, -0.25) is 0 Å². The van der Waals surface area contributed by atoms with E-state index in [-0.39, 0.29) is 12.1 Å². The molecule has 1 aromatic heterocycles. The molecule has 2 atom stereocenters. The average Bonchev–Trinajstić information content (AvgIpc) is 2.27. The molecule has 3 N–H and O–H groups in total. The summed E-state index contributed by atoms with van der Waals surface area (Å²) in [6.45, 7) is 0.0994. The van der Waals surface area contributed by atoms with E-state index in [1.54, 1.807) is 7.05 Å². The Bertz CT molecular complexity index is 355. The van der Waals surface area contributed by atoms with Crippen LogP contribution in [0.3, 0.4) is 0 Å². The second-order valence-electron chi connectivity index (χ2n) is 3.41. The van der Waals surface area contributed by atoms with Crippen molar-refractivity contribution in [2.45, 2.75) is 18.4 Å². The van der Waals surface area contributed by atoms with Crippen molar-refractivity contribution in [3.05, 3.63) is 23.8 Å². The molecule has 0 fully saturated rings. The molecule has 0 spiro atoms. The van der Waals surface area contributed by atoms with E-state index in [2.05, 4.69) is 15.3 Å². The van der Waals surface area contributed by atoms with E-state index in [0.717, 1.165) is 12.4 Å². The summed E-state index contributed by atoms with van der Waals surface area (Å²) in [5, 5.41) is 21.6. The van der Waals surface area contributed by atoms with Gasteiger partial charge in [-0.2, -0.15) is 13.2 Å². The Morgan fingerprint density at radius 1 is 1.29 bits per heavy atom. The summed E-state index contributed by atoms with van der Waals surface area (Å²) in [5.74, 6) is -1.28. The molecule has 1 heterocycles. The lowest BCUT2D eigenvalue weighted by Gasteiger charge is -2.17. The summed E-state index contributed by atoms with van der Waals surface area (Å²) in [4.78, 5) is 6.17. The molecule has 0 aromatic carbocycles. The van der Waals surface area contributed by atoms with Crippen molar-refractivity contribution >= 4 is 0 Å². The molecule has 0 aliphatic carbocycles. The SMILES string of the molecule is CNCC(O)C(O)c1cnc(C(F)(F)F)nc1. The molecule has 0 radical (unpaired) electrons. The number of aliphatic hydroxyl groups is 2. The highest BCUT2D eigenvalue weighted by Gasteiger charge is 2.34. The van der Waals surface area contributed by atoms with Gasteiger partial charge < -0.3 is 15.5 Å². The molecular formula is C9H12F3N3O2. The van der Waals surface area contributed by atoms with Crippen molar-refractivity contribution in [1.82, 2.24) is 15.3 Å². The smallest absolute Gasteiger partial charge is 0.389 e. The van der Waals surface area contributed by atoms with Gasteiger partial charge in [0.05, 0.1) is 6.10 Å². The summed E-state index contributed by atoms with van der Waals surface area (Å²) in [6.07, 6.45) is -5.39. The average molecular weight is 251 g/mol. The Hall–Kier alpha value is -1.25. The topological polar surface area (TPSA) is 78.3 Å². The molecule has 17 heavy (non-hydrogen) atoms. The zero-order valence-electron chi connectivity index (χ0n) is 8.94. The first-order chi connectivity index (χ1) is 7.86. The normalized spacial score (nSPS) is 15.6. The predicted octanol–water partition coefficient (Wildman–Crippen LogP) is 0.109. The van der Waals surface area contributed by atoms with Gasteiger partial charge in [-0.25, -0.2) is 9.97 Å². The number of nitrogens with one attached hydrogen (secondary N) is 1. The van der Waals surface area contributed by atoms with Gasteiger partial charge in [0.15, 0.2) is 0 Å². The van der Waals surface area contributed by atoms with Gasteiger partial charge in [0.25, 0.3) is 0 Å². The fraction of sp³-hybridized carbons (Fsp3) is 0.556. The Balaban J connectivity index is 2.80. The van der Waals surface area contributed by atoms with Crippen LogP contribution in [-0.2, 0) is 6.18 Å². The molecule has 0 aliphatic rings. The van der Waals surface area contributed by atoms with Crippen LogP contribution in [0.1, 0.15) is 17.5 Å². The van der Waals surface area contributed by atoms with E-state index >= 15 is 0 Å². The minimum Gasteiger partial charge on any atom is -0.389 e. The lowest BCUT2D eigenvalue weighted by molar-refractivity contribution is -0.145. The third-order valence-corrected chi connectivity index (χ3v) is 2.04. The maximum absolute atomic E-state index is 12.2. The quantitative estimate of drug-likeness (QED) is 0.708. The zero-order valence-corrected chi connectivity index (χ0v) is 8.94. The molecule has 5 nitrogen and oxygen atoms in total. The number of halogens is 3. The van der Waals surface area contributed by atoms with Crippen molar-refractivity contribution < 1.29 is 23.4 Å².